The van der Waals surface area contributed by atoms with Crippen LogP contribution in [-0.2, 0) is 17.6 Å². The number of fused-ring (bicyclic) bond motifs is 1. The number of carbonyl (C=O) groups excluding carboxylic acids is 2. The molecule has 134 valence electrons. The summed E-state index contributed by atoms with van der Waals surface area (Å²) in [6.07, 6.45) is 4.03. The van der Waals surface area contributed by atoms with Crippen LogP contribution in [-0.4, -0.2) is 11.8 Å². The molecule has 1 aliphatic carbocycles. The lowest BCUT2D eigenvalue weighted by atomic mass is 9.69. The maximum Gasteiger partial charge on any atom is 0.251 e. The van der Waals surface area contributed by atoms with Crippen LogP contribution >= 0.6 is 11.3 Å². The third-order valence-corrected chi connectivity index (χ3v) is 6.61. The molecule has 0 aromatic carbocycles. The van der Waals surface area contributed by atoms with Crippen molar-refractivity contribution in [1.29, 1.82) is 0 Å². The number of hydrogen-bond donors (Lipinski definition) is 2. The summed E-state index contributed by atoms with van der Waals surface area (Å²) >= 11 is 1.53. The van der Waals surface area contributed by atoms with Crippen molar-refractivity contribution >= 4 is 28.2 Å². The Balaban J connectivity index is 2.36. The minimum absolute atomic E-state index is 0.0889. The molecule has 1 aromatic rings. The highest BCUT2D eigenvalue weighted by Crippen LogP contribution is 2.45. The smallest absolute Gasteiger partial charge is 0.251 e. The van der Waals surface area contributed by atoms with E-state index in [0.717, 1.165) is 31.2 Å². The van der Waals surface area contributed by atoms with Gasteiger partial charge in [0.1, 0.15) is 5.00 Å². The molecule has 4 nitrogen and oxygen atoms in total. The van der Waals surface area contributed by atoms with E-state index in [-0.39, 0.29) is 11.3 Å². The Kier molecular flexibility index (Phi) is 5.14. The molecule has 0 aliphatic heterocycles. The molecule has 1 aromatic heterocycles. The molecule has 24 heavy (non-hydrogen) atoms. The van der Waals surface area contributed by atoms with Gasteiger partial charge in [0.2, 0.25) is 5.91 Å². The van der Waals surface area contributed by atoms with Crippen molar-refractivity contribution in [3.05, 3.63) is 16.0 Å². The van der Waals surface area contributed by atoms with Crippen LogP contribution in [0.25, 0.3) is 0 Å². The topological polar surface area (TPSA) is 72.2 Å². The highest BCUT2D eigenvalue weighted by molar-refractivity contribution is 7.17. The van der Waals surface area contributed by atoms with Crippen molar-refractivity contribution in [2.45, 2.75) is 67.2 Å². The quantitative estimate of drug-likeness (QED) is 0.846. The fourth-order valence-corrected chi connectivity index (χ4v) is 4.51. The number of hydrogen-bond acceptors (Lipinski definition) is 3. The summed E-state index contributed by atoms with van der Waals surface area (Å²) < 4.78 is 0. The minimum atomic E-state index is -0.508. The summed E-state index contributed by atoms with van der Waals surface area (Å²) in [6, 6.07) is 0. The first-order chi connectivity index (χ1) is 11.0. The van der Waals surface area contributed by atoms with Gasteiger partial charge in [0.15, 0.2) is 0 Å². The van der Waals surface area contributed by atoms with Gasteiger partial charge >= 0.3 is 0 Å². The number of nitrogens with one attached hydrogen (secondary N) is 1. The van der Waals surface area contributed by atoms with Crippen molar-refractivity contribution < 1.29 is 9.59 Å². The average Bonchev–Trinajstić information content (AvgIpc) is 2.83. The van der Waals surface area contributed by atoms with Gasteiger partial charge in [-0.1, -0.05) is 48.0 Å². The molecule has 3 N–H and O–H groups in total. The molecule has 1 aliphatic rings. The molecular weight excluding hydrogens is 320 g/mol. The van der Waals surface area contributed by atoms with Gasteiger partial charge in [0.25, 0.3) is 5.91 Å². The van der Waals surface area contributed by atoms with Gasteiger partial charge < -0.3 is 11.1 Å². The molecule has 2 amide bonds. The fourth-order valence-electron chi connectivity index (χ4n) is 3.18. The number of carbonyl (C=O) groups is 2. The monoisotopic (exact) mass is 350 g/mol. The Bertz CT molecular complexity index is 653. The molecule has 1 heterocycles. The van der Waals surface area contributed by atoms with Crippen LogP contribution < -0.4 is 11.1 Å². The van der Waals surface area contributed by atoms with Crippen molar-refractivity contribution in [2.24, 2.45) is 22.5 Å². The first kappa shape index (κ1) is 19.0. The van der Waals surface area contributed by atoms with Gasteiger partial charge in [-0.25, -0.2) is 0 Å². The molecule has 1 unspecified atom stereocenters. The van der Waals surface area contributed by atoms with Crippen molar-refractivity contribution in [3.8, 4) is 0 Å². The molecule has 0 radical (unpaired) electrons. The van der Waals surface area contributed by atoms with Crippen LogP contribution in [0.4, 0.5) is 5.00 Å². The second-order valence-electron chi connectivity index (χ2n) is 8.56. The van der Waals surface area contributed by atoms with Crippen LogP contribution in [0.15, 0.2) is 0 Å². The molecular formula is C19H30N2O2S. The molecule has 0 bridgehead atoms. The standard InChI is InChI=1S/C19H30N2O2S/c1-7-19(5,6)11-8-9-12-13(10-11)24-16(14(12)15(20)22)21-17(23)18(2,3)4/h11H,7-10H2,1-6H3,(H2,20,22)(H,21,23). The van der Waals surface area contributed by atoms with E-state index in [1.165, 1.54) is 16.2 Å². The Hall–Kier alpha value is -1.36. The molecule has 1 atom stereocenters. The summed E-state index contributed by atoms with van der Waals surface area (Å²) in [5.74, 6) is 0.0690. The van der Waals surface area contributed by atoms with E-state index >= 15 is 0 Å². The zero-order valence-electron chi connectivity index (χ0n) is 15.7. The van der Waals surface area contributed by atoms with E-state index in [0.29, 0.717) is 16.5 Å². The summed E-state index contributed by atoms with van der Waals surface area (Å²) in [7, 11) is 0. The maximum atomic E-state index is 12.3. The lowest BCUT2D eigenvalue weighted by Gasteiger charge is -2.36. The zero-order chi connectivity index (χ0) is 18.3. The lowest BCUT2D eigenvalue weighted by Crippen LogP contribution is -2.29. The van der Waals surface area contributed by atoms with E-state index in [4.69, 9.17) is 5.73 Å². The Morgan fingerprint density at radius 1 is 1.25 bits per heavy atom. The van der Waals surface area contributed by atoms with E-state index in [2.05, 4.69) is 26.1 Å². The van der Waals surface area contributed by atoms with Crippen molar-refractivity contribution in [3.63, 3.8) is 0 Å². The second kappa shape index (κ2) is 6.51. The number of rotatable bonds is 4. The molecule has 0 fully saturated rings. The van der Waals surface area contributed by atoms with Gasteiger partial charge in [-0.3, -0.25) is 9.59 Å². The zero-order valence-corrected chi connectivity index (χ0v) is 16.5. The summed E-state index contributed by atoms with van der Waals surface area (Å²) in [6.45, 7) is 12.4. The normalized spacial score (nSPS) is 18.2. The van der Waals surface area contributed by atoms with E-state index in [9.17, 15) is 9.59 Å². The Morgan fingerprint density at radius 2 is 1.88 bits per heavy atom. The van der Waals surface area contributed by atoms with Crippen molar-refractivity contribution in [2.75, 3.05) is 5.32 Å². The van der Waals surface area contributed by atoms with Crippen LogP contribution in [0.2, 0.25) is 0 Å². The number of amides is 2. The molecule has 0 spiro atoms. The van der Waals surface area contributed by atoms with Gasteiger partial charge in [0.05, 0.1) is 5.56 Å². The molecule has 2 rings (SSSR count). The highest BCUT2D eigenvalue weighted by atomic mass is 32.1. The van der Waals surface area contributed by atoms with Crippen LogP contribution in [0.3, 0.4) is 0 Å². The minimum Gasteiger partial charge on any atom is -0.365 e. The highest BCUT2D eigenvalue weighted by Gasteiger charge is 2.35. The van der Waals surface area contributed by atoms with E-state index in [1.807, 2.05) is 20.8 Å². The molecule has 0 saturated heterocycles. The Labute approximate surface area is 149 Å². The Morgan fingerprint density at radius 3 is 2.38 bits per heavy atom. The van der Waals surface area contributed by atoms with Gasteiger partial charge in [-0.15, -0.1) is 11.3 Å². The van der Waals surface area contributed by atoms with Crippen LogP contribution in [0.1, 0.15) is 75.2 Å². The second-order valence-corrected chi connectivity index (χ2v) is 9.66. The van der Waals surface area contributed by atoms with Crippen LogP contribution in [0.5, 0.6) is 0 Å². The number of primary amides is 1. The van der Waals surface area contributed by atoms with Gasteiger partial charge in [0, 0.05) is 10.3 Å². The van der Waals surface area contributed by atoms with Crippen molar-refractivity contribution in [1.82, 2.24) is 0 Å². The number of thiophene rings is 1. The predicted octanol–water partition coefficient (Wildman–Crippen LogP) is 4.37. The first-order valence-electron chi connectivity index (χ1n) is 8.73. The predicted molar refractivity (Wildman–Crippen MR) is 101 cm³/mol. The number of nitrogens with two attached hydrogens (primary N) is 1. The van der Waals surface area contributed by atoms with E-state index < -0.39 is 11.3 Å². The number of anilines is 1. The lowest BCUT2D eigenvalue weighted by molar-refractivity contribution is -0.123. The molecule has 0 saturated carbocycles. The van der Waals surface area contributed by atoms with E-state index in [1.54, 1.807) is 0 Å². The van der Waals surface area contributed by atoms with Crippen LogP contribution in [0, 0.1) is 16.7 Å². The summed E-state index contributed by atoms with van der Waals surface area (Å²) in [5.41, 5.74) is 6.99. The largest absolute Gasteiger partial charge is 0.365 e. The maximum absolute atomic E-state index is 12.3. The van der Waals surface area contributed by atoms with Gasteiger partial charge in [-0.2, -0.15) is 0 Å². The average molecular weight is 351 g/mol. The first-order valence-corrected chi connectivity index (χ1v) is 9.54. The molecule has 5 heteroatoms. The third-order valence-electron chi connectivity index (χ3n) is 5.44. The SMILES string of the molecule is CCC(C)(C)C1CCc2c(sc(NC(=O)C(C)(C)C)c2C(N)=O)C1. The summed E-state index contributed by atoms with van der Waals surface area (Å²) in [5, 5.41) is 3.56. The third kappa shape index (κ3) is 3.66. The fraction of sp³-hybridized carbons (Fsp3) is 0.684. The van der Waals surface area contributed by atoms with Gasteiger partial charge in [-0.05, 0) is 36.2 Å². The summed E-state index contributed by atoms with van der Waals surface area (Å²) in [4.78, 5) is 25.5.